The highest BCUT2D eigenvalue weighted by atomic mass is 79.9. The van der Waals surface area contributed by atoms with Gasteiger partial charge in [-0.2, -0.15) is 0 Å². The summed E-state index contributed by atoms with van der Waals surface area (Å²) in [6, 6.07) is 12.6. The molecule has 6 rings (SSSR count). The van der Waals surface area contributed by atoms with E-state index >= 15 is 0 Å². The molecule has 44 heavy (non-hydrogen) atoms. The van der Waals surface area contributed by atoms with Crippen LogP contribution in [-0.2, 0) is 20.9 Å². The summed E-state index contributed by atoms with van der Waals surface area (Å²) in [5.41, 5.74) is 2.86. The second kappa shape index (κ2) is 12.2. The van der Waals surface area contributed by atoms with E-state index in [4.69, 9.17) is 14.5 Å². The monoisotopic (exact) mass is 676 g/mol. The Labute approximate surface area is 266 Å². The lowest BCUT2D eigenvalue weighted by Gasteiger charge is -2.26. The van der Waals surface area contributed by atoms with E-state index in [0.29, 0.717) is 26.3 Å². The molecule has 9 nitrogen and oxygen atoms in total. The van der Waals surface area contributed by atoms with Crippen molar-refractivity contribution < 1.29 is 19.1 Å². The number of allylic oxidation sites excluding steroid dienone is 1. The molecule has 0 N–H and O–H groups in total. The largest absolute Gasteiger partial charge is 0.496 e. The second-order valence-corrected chi connectivity index (χ2v) is 13.2. The van der Waals surface area contributed by atoms with Crippen LogP contribution in [0.2, 0.25) is 0 Å². The number of carbonyl (C=O) groups excluding carboxylic acids is 2. The van der Waals surface area contributed by atoms with Gasteiger partial charge in [0.15, 0.2) is 4.80 Å². The lowest BCUT2D eigenvalue weighted by molar-refractivity contribution is -0.143. The number of benzene rings is 2. The smallest absolute Gasteiger partial charge is 0.338 e. The Balaban J connectivity index is 1.51. The average Bonchev–Trinajstić information content (AvgIpc) is 3.71. The van der Waals surface area contributed by atoms with Crippen LogP contribution in [0.3, 0.4) is 0 Å². The van der Waals surface area contributed by atoms with E-state index in [2.05, 4.69) is 15.9 Å². The molecule has 0 aliphatic carbocycles. The number of hydrogen-bond acceptors (Lipinski definition) is 7. The third-order valence-corrected chi connectivity index (χ3v) is 9.42. The molecule has 228 valence electrons. The van der Waals surface area contributed by atoms with Gasteiger partial charge in [-0.3, -0.25) is 14.2 Å². The quantitative estimate of drug-likeness (QED) is 0.268. The fraction of sp³-hybridized carbons (Fsp3) is 0.333. The van der Waals surface area contributed by atoms with E-state index in [9.17, 15) is 14.4 Å². The van der Waals surface area contributed by atoms with Crippen LogP contribution < -0.4 is 19.6 Å². The topological polar surface area (TPSA) is 95.1 Å². The first-order valence-corrected chi connectivity index (χ1v) is 16.2. The van der Waals surface area contributed by atoms with Crippen LogP contribution in [0.5, 0.6) is 5.75 Å². The van der Waals surface area contributed by atoms with Gasteiger partial charge in [0.25, 0.3) is 5.56 Å². The molecule has 1 fully saturated rings. The van der Waals surface area contributed by atoms with Crippen molar-refractivity contribution >= 4 is 56.1 Å². The highest BCUT2D eigenvalue weighted by Gasteiger charge is 2.35. The summed E-state index contributed by atoms with van der Waals surface area (Å²) < 4.78 is 16.1. The molecule has 1 amide bonds. The number of halogens is 1. The first kappa shape index (κ1) is 30.1. The van der Waals surface area contributed by atoms with Gasteiger partial charge in [0.2, 0.25) is 5.91 Å². The van der Waals surface area contributed by atoms with Crippen molar-refractivity contribution in [1.29, 1.82) is 0 Å². The van der Waals surface area contributed by atoms with Gasteiger partial charge < -0.3 is 18.9 Å². The highest BCUT2D eigenvalue weighted by Crippen LogP contribution is 2.37. The van der Waals surface area contributed by atoms with Gasteiger partial charge in [0.05, 0.1) is 29.0 Å². The number of para-hydroxylation sites is 1. The molecule has 11 heteroatoms. The normalized spacial score (nSPS) is 16.9. The van der Waals surface area contributed by atoms with Gasteiger partial charge in [-0.15, -0.1) is 0 Å². The molecule has 1 saturated heterocycles. The number of amides is 1. The first-order chi connectivity index (χ1) is 21.2. The summed E-state index contributed by atoms with van der Waals surface area (Å²) in [5, 5.41) is 0.940. The van der Waals surface area contributed by atoms with E-state index < -0.39 is 12.0 Å². The predicted molar refractivity (Wildman–Crippen MR) is 173 cm³/mol. The number of nitrogens with zero attached hydrogens (tertiary/aromatic N) is 4. The number of aromatic nitrogens is 2. The number of thiazole rings is 1. The predicted octanol–water partition coefficient (Wildman–Crippen LogP) is 4.54. The Morgan fingerprint density at radius 3 is 2.64 bits per heavy atom. The molecule has 0 saturated carbocycles. The number of carbonyl (C=O) groups is 2. The summed E-state index contributed by atoms with van der Waals surface area (Å²) in [4.78, 5) is 47.9. The zero-order valence-electron chi connectivity index (χ0n) is 25.0. The lowest BCUT2D eigenvalue weighted by Crippen LogP contribution is -2.40. The van der Waals surface area contributed by atoms with Gasteiger partial charge in [-0.25, -0.2) is 9.79 Å². The van der Waals surface area contributed by atoms with Crippen LogP contribution in [0.15, 0.2) is 74.2 Å². The third kappa shape index (κ3) is 5.54. The Morgan fingerprint density at radius 2 is 1.91 bits per heavy atom. The molecule has 2 aromatic carbocycles. The van der Waals surface area contributed by atoms with Crippen LogP contribution in [0.1, 0.15) is 50.8 Å². The standard InChI is InChI=1S/C33H33BrN4O5S/c1-19(2)43-32(41)29-20(3)35-33-38(30(29)24-16-22(34)11-12-26(24)42-4)31(40)27(44-33)15-21-17-37(25-10-6-5-9-23(21)25)18-28(39)36-13-7-8-14-36/h5-6,9-12,15-17,19,30H,7-8,13-14,18H2,1-4H3/b27-15-/t30-/m1/s1. The van der Waals surface area contributed by atoms with Crippen LogP contribution in [-0.4, -0.2) is 52.2 Å². The average molecular weight is 678 g/mol. The maximum Gasteiger partial charge on any atom is 0.338 e. The van der Waals surface area contributed by atoms with E-state index in [1.165, 1.54) is 11.3 Å². The van der Waals surface area contributed by atoms with Gasteiger partial charge in [-0.05, 0) is 64.0 Å². The molecule has 2 aromatic heterocycles. The number of rotatable bonds is 7. The summed E-state index contributed by atoms with van der Waals surface area (Å²) in [6.45, 7) is 7.15. The summed E-state index contributed by atoms with van der Waals surface area (Å²) in [6.07, 6.45) is 5.50. The first-order valence-electron chi connectivity index (χ1n) is 14.6. The number of hydrogen-bond donors (Lipinski definition) is 0. The lowest BCUT2D eigenvalue weighted by atomic mass is 9.95. The molecule has 0 bridgehead atoms. The minimum atomic E-state index is -0.813. The fourth-order valence-corrected chi connectivity index (χ4v) is 7.36. The molecule has 4 heterocycles. The maximum absolute atomic E-state index is 14.3. The van der Waals surface area contributed by atoms with Gasteiger partial charge in [-0.1, -0.05) is 45.5 Å². The zero-order valence-corrected chi connectivity index (χ0v) is 27.4. The van der Waals surface area contributed by atoms with Crippen molar-refractivity contribution in [2.45, 2.75) is 52.3 Å². The van der Waals surface area contributed by atoms with Crippen molar-refractivity contribution in [3.8, 4) is 5.75 Å². The Bertz CT molecular complexity index is 2000. The van der Waals surface area contributed by atoms with Crippen LogP contribution in [0.25, 0.3) is 17.0 Å². The third-order valence-electron chi connectivity index (χ3n) is 7.94. The molecular weight excluding hydrogens is 644 g/mol. The van der Waals surface area contributed by atoms with E-state index in [1.807, 2.05) is 58.1 Å². The molecule has 0 unspecified atom stereocenters. The molecule has 0 spiro atoms. The van der Waals surface area contributed by atoms with Crippen molar-refractivity contribution in [3.05, 3.63) is 95.2 Å². The Hall–Kier alpha value is -3.96. The minimum absolute atomic E-state index is 0.0911. The summed E-state index contributed by atoms with van der Waals surface area (Å²) in [5.74, 6) is 0.0878. The summed E-state index contributed by atoms with van der Waals surface area (Å²) in [7, 11) is 1.56. The van der Waals surface area contributed by atoms with Gasteiger partial charge in [0.1, 0.15) is 18.3 Å². The second-order valence-electron chi connectivity index (χ2n) is 11.2. The van der Waals surface area contributed by atoms with Gasteiger partial charge in [0, 0.05) is 45.8 Å². The van der Waals surface area contributed by atoms with E-state index in [1.54, 1.807) is 38.5 Å². The van der Waals surface area contributed by atoms with Crippen LogP contribution in [0.4, 0.5) is 0 Å². The van der Waals surface area contributed by atoms with E-state index in [0.717, 1.165) is 46.9 Å². The molecule has 0 radical (unpaired) electrons. The maximum atomic E-state index is 14.3. The minimum Gasteiger partial charge on any atom is -0.496 e. The van der Waals surface area contributed by atoms with Crippen LogP contribution >= 0.6 is 27.3 Å². The van der Waals surface area contributed by atoms with E-state index in [-0.39, 0.29) is 29.7 Å². The SMILES string of the molecule is COc1ccc(Br)cc1[C@@H]1C(C(=O)OC(C)C)=C(C)N=c2s/c(=C\c3cn(CC(=O)N4CCCC4)c4ccccc34)c(=O)n21. The van der Waals surface area contributed by atoms with Crippen molar-refractivity contribution in [2.24, 2.45) is 4.99 Å². The Kier molecular flexibility index (Phi) is 8.34. The van der Waals surface area contributed by atoms with Gasteiger partial charge >= 0.3 is 5.97 Å². The molecule has 2 aliphatic heterocycles. The van der Waals surface area contributed by atoms with Crippen molar-refractivity contribution in [2.75, 3.05) is 20.2 Å². The zero-order chi connectivity index (χ0) is 31.1. The highest BCUT2D eigenvalue weighted by molar-refractivity contribution is 9.10. The number of ether oxygens (including phenoxy) is 2. The van der Waals surface area contributed by atoms with Crippen molar-refractivity contribution in [3.63, 3.8) is 0 Å². The number of esters is 1. The molecular formula is C33H33BrN4O5S. The van der Waals surface area contributed by atoms with Crippen molar-refractivity contribution in [1.82, 2.24) is 14.0 Å². The molecule has 1 atom stereocenters. The summed E-state index contributed by atoms with van der Waals surface area (Å²) >= 11 is 4.81. The Morgan fingerprint density at radius 1 is 1.16 bits per heavy atom. The molecule has 2 aliphatic rings. The van der Waals surface area contributed by atoms with Crippen LogP contribution in [0, 0.1) is 0 Å². The number of likely N-dealkylation sites (tertiary alicyclic amines) is 1. The number of methoxy groups -OCH3 is 1. The molecule has 4 aromatic rings. The fourth-order valence-electron chi connectivity index (χ4n) is 5.95. The number of fused-ring (bicyclic) bond motifs is 2.